The van der Waals surface area contributed by atoms with Crippen molar-refractivity contribution in [2.45, 2.75) is 65.0 Å². The first kappa shape index (κ1) is 14.5. The van der Waals surface area contributed by atoms with E-state index in [-0.39, 0.29) is 24.5 Å². The largest absolute Gasteiger partial charge is 0.389 e. The summed E-state index contributed by atoms with van der Waals surface area (Å²) in [5, 5.41) is 0. The minimum Gasteiger partial charge on any atom is -0.299 e. The normalized spacial score (nSPS) is 21.5. The third-order valence-electron chi connectivity index (χ3n) is 3.68. The lowest BCUT2D eigenvalue weighted by Gasteiger charge is -2.33. The molecule has 0 amide bonds. The predicted molar refractivity (Wildman–Crippen MR) is 60.7 cm³/mol. The molecule has 1 rings (SSSR count). The minimum absolute atomic E-state index is 0.0104. The Hall–Kier alpha value is -0.540. The smallest absolute Gasteiger partial charge is 0.299 e. The fraction of sp³-hybridized carbons (Fsp3) is 0.923. The van der Waals surface area contributed by atoms with Crippen molar-refractivity contribution >= 4 is 5.78 Å². The molecule has 1 aliphatic carbocycles. The number of rotatable bonds is 4. The molecule has 0 aromatic heterocycles. The van der Waals surface area contributed by atoms with Crippen molar-refractivity contribution in [3.63, 3.8) is 0 Å². The highest BCUT2D eigenvalue weighted by atomic mass is 19.4. The van der Waals surface area contributed by atoms with Crippen LogP contribution in [0.15, 0.2) is 0 Å². The molecule has 0 spiro atoms. The van der Waals surface area contributed by atoms with Crippen molar-refractivity contribution in [3.8, 4) is 0 Å². The van der Waals surface area contributed by atoms with E-state index in [1.165, 1.54) is 0 Å². The van der Waals surface area contributed by atoms with E-state index in [9.17, 15) is 18.0 Å². The quantitative estimate of drug-likeness (QED) is 0.717. The lowest BCUT2D eigenvalue weighted by molar-refractivity contribution is -0.138. The van der Waals surface area contributed by atoms with Crippen LogP contribution in [-0.2, 0) is 4.79 Å². The number of carbonyl (C=O) groups is 1. The summed E-state index contributed by atoms with van der Waals surface area (Å²) in [7, 11) is 0. The van der Waals surface area contributed by atoms with Gasteiger partial charge in [-0.3, -0.25) is 4.79 Å². The molecule has 1 aliphatic rings. The first-order chi connectivity index (χ1) is 7.70. The van der Waals surface area contributed by atoms with Crippen LogP contribution in [0.5, 0.6) is 0 Å². The van der Waals surface area contributed by atoms with Gasteiger partial charge in [-0.15, -0.1) is 0 Å². The number of halogens is 3. The van der Waals surface area contributed by atoms with Crippen molar-refractivity contribution in [1.29, 1.82) is 0 Å². The van der Waals surface area contributed by atoms with Crippen LogP contribution < -0.4 is 0 Å². The third kappa shape index (κ3) is 5.55. The first-order valence-corrected chi connectivity index (χ1v) is 6.29. The maximum atomic E-state index is 11.9. The summed E-state index contributed by atoms with van der Waals surface area (Å²) < 4.78 is 35.8. The zero-order chi connectivity index (χ0) is 13.1. The highest BCUT2D eigenvalue weighted by Gasteiger charge is 2.31. The van der Waals surface area contributed by atoms with Gasteiger partial charge in [0.2, 0.25) is 0 Å². The monoisotopic (exact) mass is 250 g/mol. The molecule has 0 saturated heterocycles. The van der Waals surface area contributed by atoms with Gasteiger partial charge in [-0.25, -0.2) is 0 Å². The molecule has 0 aliphatic heterocycles. The lowest BCUT2D eigenvalue weighted by atomic mass is 9.71. The van der Waals surface area contributed by atoms with Crippen LogP contribution in [0.3, 0.4) is 0 Å². The van der Waals surface area contributed by atoms with Gasteiger partial charge in [0.1, 0.15) is 5.78 Å². The van der Waals surface area contributed by atoms with E-state index in [1.807, 2.05) is 0 Å². The Bertz CT molecular complexity index is 258. The molecule has 1 saturated carbocycles. The minimum atomic E-state index is -4.13. The van der Waals surface area contributed by atoms with Gasteiger partial charge >= 0.3 is 6.18 Å². The third-order valence-corrected chi connectivity index (χ3v) is 3.68. The number of alkyl halides is 3. The summed E-state index contributed by atoms with van der Waals surface area (Å²) in [6.07, 6.45) is -1.24. The zero-order valence-electron chi connectivity index (χ0n) is 10.6. The molecule has 0 bridgehead atoms. The fourth-order valence-corrected chi connectivity index (χ4v) is 2.39. The number of carbonyl (C=O) groups excluding carboxylic acids is 1. The fourth-order valence-electron chi connectivity index (χ4n) is 2.39. The van der Waals surface area contributed by atoms with E-state index in [2.05, 4.69) is 13.8 Å². The van der Waals surface area contributed by atoms with Gasteiger partial charge in [0.05, 0.1) is 0 Å². The van der Waals surface area contributed by atoms with E-state index in [0.29, 0.717) is 5.41 Å². The van der Waals surface area contributed by atoms with Crippen molar-refractivity contribution in [1.82, 2.24) is 0 Å². The number of ketones is 1. The summed E-state index contributed by atoms with van der Waals surface area (Å²) in [5.74, 6) is 0.0426. The van der Waals surface area contributed by atoms with Gasteiger partial charge in [-0.05, 0) is 37.5 Å². The molecule has 0 aromatic carbocycles. The van der Waals surface area contributed by atoms with Crippen LogP contribution in [0.1, 0.15) is 58.8 Å². The van der Waals surface area contributed by atoms with Gasteiger partial charge in [0.15, 0.2) is 0 Å². The van der Waals surface area contributed by atoms with E-state index in [4.69, 9.17) is 0 Å². The van der Waals surface area contributed by atoms with Crippen LogP contribution in [-0.4, -0.2) is 12.0 Å². The standard InChI is InChI=1S/C13H21F3O/c1-12(2)8-5-10(6-9-12)11(17)4-3-7-13(14,15)16/h10H,3-9H2,1-2H3. The highest BCUT2D eigenvalue weighted by molar-refractivity contribution is 5.81. The van der Waals surface area contributed by atoms with E-state index < -0.39 is 12.6 Å². The maximum absolute atomic E-state index is 11.9. The van der Waals surface area contributed by atoms with Crippen LogP contribution in [0, 0.1) is 11.3 Å². The molecule has 4 heteroatoms. The summed E-state index contributed by atoms with van der Waals surface area (Å²) in [4.78, 5) is 11.7. The van der Waals surface area contributed by atoms with E-state index >= 15 is 0 Å². The lowest BCUT2D eigenvalue weighted by Crippen LogP contribution is -2.26. The summed E-state index contributed by atoms with van der Waals surface area (Å²) in [6, 6.07) is 0. The van der Waals surface area contributed by atoms with Gasteiger partial charge < -0.3 is 0 Å². The molecular formula is C13H21F3O. The van der Waals surface area contributed by atoms with Gasteiger partial charge in [0, 0.05) is 18.8 Å². The van der Waals surface area contributed by atoms with Crippen molar-refractivity contribution in [2.24, 2.45) is 11.3 Å². The highest BCUT2D eigenvalue weighted by Crippen LogP contribution is 2.38. The number of hydrogen-bond acceptors (Lipinski definition) is 1. The SMILES string of the molecule is CC1(C)CCC(C(=O)CCCC(F)(F)F)CC1. The molecule has 0 N–H and O–H groups in total. The molecule has 1 fully saturated rings. The molecular weight excluding hydrogens is 229 g/mol. The zero-order valence-corrected chi connectivity index (χ0v) is 10.6. The molecule has 0 radical (unpaired) electrons. The second-order valence-corrected chi connectivity index (χ2v) is 5.87. The van der Waals surface area contributed by atoms with Gasteiger partial charge in [-0.2, -0.15) is 13.2 Å². The van der Waals surface area contributed by atoms with Gasteiger partial charge in [0.25, 0.3) is 0 Å². The Morgan fingerprint density at radius 3 is 2.24 bits per heavy atom. The number of Topliss-reactive ketones (excluding diaryl/α,β-unsaturated/α-hetero) is 1. The van der Waals surface area contributed by atoms with Crippen LogP contribution in [0.25, 0.3) is 0 Å². The van der Waals surface area contributed by atoms with Crippen LogP contribution >= 0.6 is 0 Å². The second kappa shape index (κ2) is 5.40. The maximum Gasteiger partial charge on any atom is 0.389 e. The second-order valence-electron chi connectivity index (χ2n) is 5.87. The summed E-state index contributed by atoms with van der Waals surface area (Å²) >= 11 is 0. The molecule has 0 unspecified atom stereocenters. The Labute approximate surface area is 101 Å². The van der Waals surface area contributed by atoms with E-state index in [0.717, 1.165) is 25.7 Å². The molecule has 100 valence electrons. The first-order valence-electron chi connectivity index (χ1n) is 6.29. The van der Waals surface area contributed by atoms with Crippen molar-refractivity contribution in [3.05, 3.63) is 0 Å². The van der Waals surface area contributed by atoms with Gasteiger partial charge in [-0.1, -0.05) is 13.8 Å². The van der Waals surface area contributed by atoms with Crippen LogP contribution in [0.4, 0.5) is 13.2 Å². The Kier molecular flexibility index (Phi) is 4.62. The van der Waals surface area contributed by atoms with Crippen LogP contribution in [0.2, 0.25) is 0 Å². The molecule has 17 heavy (non-hydrogen) atoms. The Morgan fingerprint density at radius 1 is 1.24 bits per heavy atom. The Morgan fingerprint density at radius 2 is 1.76 bits per heavy atom. The molecule has 1 nitrogen and oxygen atoms in total. The molecule has 0 aromatic rings. The Balaban J connectivity index is 2.25. The topological polar surface area (TPSA) is 17.1 Å². The molecule has 0 heterocycles. The van der Waals surface area contributed by atoms with E-state index in [1.54, 1.807) is 0 Å². The molecule has 0 atom stereocenters. The van der Waals surface area contributed by atoms with Crippen molar-refractivity contribution < 1.29 is 18.0 Å². The predicted octanol–water partition coefficient (Wildman–Crippen LogP) is 4.50. The number of hydrogen-bond donors (Lipinski definition) is 0. The average Bonchev–Trinajstić information content (AvgIpc) is 2.15. The van der Waals surface area contributed by atoms with Crippen molar-refractivity contribution in [2.75, 3.05) is 0 Å². The average molecular weight is 250 g/mol. The summed E-state index contributed by atoms with van der Waals surface area (Å²) in [6.45, 7) is 4.36. The summed E-state index contributed by atoms with van der Waals surface area (Å²) in [5.41, 5.74) is 0.294.